The molecule has 1 aromatic rings. The first kappa shape index (κ1) is 8.04. The predicted molar refractivity (Wildman–Crippen MR) is 51.5 cm³/mol. The van der Waals surface area contributed by atoms with Gasteiger partial charge in [-0.2, -0.15) is 0 Å². The van der Waals surface area contributed by atoms with Gasteiger partial charge in [0, 0.05) is 11.8 Å². The van der Waals surface area contributed by atoms with E-state index in [2.05, 4.69) is 19.1 Å². The molecule has 0 aromatic heterocycles. The van der Waals surface area contributed by atoms with E-state index in [9.17, 15) is 4.79 Å². The lowest BCUT2D eigenvalue weighted by Crippen LogP contribution is -2.14. The summed E-state index contributed by atoms with van der Waals surface area (Å²) in [6.45, 7) is 2.16. The van der Waals surface area contributed by atoms with Gasteiger partial charge in [0.1, 0.15) is 5.60 Å². The van der Waals surface area contributed by atoms with Crippen LogP contribution in [0.3, 0.4) is 0 Å². The summed E-state index contributed by atoms with van der Waals surface area (Å²) >= 11 is 0. The second-order valence-electron chi connectivity index (χ2n) is 4.23. The maximum absolute atomic E-state index is 11.2. The van der Waals surface area contributed by atoms with Crippen molar-refractivity contribution in [3.8, 4) is 0 Å². The van der Waals surface area contributed by atoms with Gasteiger partial charge < -0.3 is 4.74 Å². The zero-order valence-electron chi connectivity index (χ0n) is 8.07. The van der Waals surface area contributed by atoms with Crippen LogP contribution < -0.4 is 0 Å². The molecule has 1 aromatic carbocycles. The monoisotopic (exact) mass is 188 g/mol. The Morgan fingerprint density at radius 2 is 2.07 bits per heavy atom. The molecular weight excluding hydrogens is 176 g/mol. The highest BCUT2D eigenvalue weighted by Crippen LogP contribution is 2.65. The Morgan fingerprint density at radius 1 is 1.36 bits per heavy atom. The van der Waals surface area contributed by atoms with Crippen LogP contribution in [0.5, 0.6) is 0 Å². The third kappa shape index (κ3) is 0.788. The van der Waals surface area contributed by atoms with Gasteiger partial charge in [0.05, 0.1) is 6.42 Å². The van der Waals surface area contributed by atoms with Gasteiger partial charge in [-0.1, -0.05) is 37.3 Å². The maximum Gasteiger partial charge on any atom is 0.307 e. The average molecular weight is 188 g/mol. The van der Waals surface area contributed by atoms with Gasteiger partial charge in [-0.3, -0.25) is 4.79 Å². The quantitative estimate of drug-likeness (QED) is 0.631. The number of hydrogen-bond acceptors (Lipinski definition) is 2. The molecule has 0 unspecified atom stereocenters. The molecule has 1 saturated carbocycles. The Kier molecular flexibility index (Phi) is 1.37. The summed E-state index contributed by atoms with van der Waals surface area (Å²) in [7, 11) is 0. The molecule has 2 aliphatic rings. The van der Waals surface area contributed by atoms with E-state index in [0.29, 0.717) is 18.3 Å². The van der Waals surface area contributed by atoms with Crippen molar-refractivity contribution in [1.82, 2.24) is 0 Å². The molecule has 0 bridgehead atoms. The number of carbonyl (C=O) groups is 1. The summed E-state index contributed by atoms with van der Waals surface area (Å²) < 4.78 is 5.48. The predicted octanol–water partition coefficient (Wildman–Crippen LogP) is 2.09. The second kappa shape index (κ2) is 2.38. The number of rotatable bonds is 1. The summed E-state index contributed by atoms with van der Waals surface area (Å²) in [5.41, 5.74) is 0.890. The number of benzene rings is 1. The molecule has 1 aliphatic heterocycles. The SMILES string of the molecule is C[C@H]1[C@@H]2CC(=O)O[C@]12c1ccccc1. The summed E-state index contributed by atoms with van der Waals surface area (Å²) in [5, 5.41) is 0. The topological polar surface area (TPSA) is 26.3 Å². The summed E-state index contributed by atoms with van der Waals surface area (Å²) in [6.07, 6.45) is 0.593. The van der Waals surface area contributed by atoms with Crippen molar-refractivity contribution in [2.75, 3.05) is 0 Å². The van der Waals surface area contributed by atoms with Crippen molar-refractivity contribution < 1.29 is 9.53 Å². The number of fused-ring (bicyclic) bond motifs is 1. The largest absolute Gasteiger partial charge is 0.454 e. The fourth-order valence-electron chi connectivity index (χ4n) is 2.76. The summed E-state index contributed by atoms with van der Waals surface area (Å²) in [5.74, 6) is 0.858. The minimum Gasteiger partial charge on any atom is -0.454 e. The molecule has 2 fully saturated rings. The third-order valence-electron chi connectivity index (χ3n) is 3.62. The van der Waals surface area contributed by atoms with E-state index in [-0.39, 0.29) is 11.6 Å². The van der Waals surface area contributed by atoms with E-state index in [4.69, 9.17) is 4.74 Å². The van der Waals surface area contributed by atoms with Crippen LogP contribution in [0, 0.1) is 11.8 Å². The number of hydrogen-bond donors (Lipinski definition) is 0. The first-order valence-electron chi connectivity index (χ1n) is 5.02. The van der Waals surface area contributed by atoms with Crippen molar-refractivity contribution in [3.63, 3.8) is 0 Å². The minimum atomic E-state index is -0.266. The van der Waals surface area contributed by atoms with E-state index in [1.54, 1.807) is 0 Å². The number of esters is 1. The molecule has 3 rings (SSSR count). The number of ether oxygens (including phenoxy) is 1. The third-order valence-corrected chi connectivity index (χ3v) is 3.62. The Hall–Kier alpha value is -1.31. The fourth-order valence-corrected chi connectivity index (χ4v) is 2.76. The van der Waals surface area contributed by atoms with E-state index in [1.807, 2.05) is 18.2 Å². The van der Waals surface area contributed by atoms with Gasteiger partial charge in [0.2, 0.25) is 0 Å². The first-order valence-corrected chi connectivity index (χ1v) is 5.02. The molecule has 0 amide bonds. The fraction of sp³-hybridized carbons (Fsp3) is 0.417. The lowest BCUT2D eigenvalue weighted by molar-refractivity contribution is -0.147. The van der Waals surface area contributed by atoms with Crippen LogP contribution in [0.1, 0.15) is 18.9 Å². The van der Waals surface area contributed by atoms with E-state index in [0.717, 1.165) is 5.56 Å². The molecule has 2 nitrogen and oxygen atoms in total. The molecule has 1 aliphatic carbocycles. The molecule has 1 saturated heterocycles. The van der Waals surface area contributed by atoms with Crippen LogP contribution in [-0.2, 0) is 15.1 Å². The van der Waals surface area contributed by atoms with Gasteiger partial charge in [0.25, 0.3) is 0 Å². The molecule has 0 N–H and O–H groups in total. The maximum atomic E-state index is 11.2. The van der Waals surface area contributed by atoms with E-state index in [1.165, 1.54) is 0 Å². The van der Waals surface area contributed by atoms with Crippen LogP contribution in [0.2, 0.25) is 0 Å². The van der Waals surface area contributed by atoms with E-state index >= 15 is 0 Å². The van der Waals surface area contributed by atoms with Crippen molar-refractivity contribution in [3.05, 3.63) is 35.9 Å². The Labute approximate surface area is 82.9 Å². The molecule has 3 atom stereocenters. The Morgan fingerprint density at radius 3 is 2.71 bits per heavy atom. The summed E-state index contributed by atoms with van der Waals surface area (Å²) in [4.78, 5) is 11.2. The van der Waals surface area contributed by atoms with Crippen molar-refractivity contribution in [2.45, 2.75) is 18.9 Å². The number of carbonyl (C=O) groups excluding carboxylic acids is 1. The van der Waals surface area contributed by atoms with Crippen molar-refractivity contribution in [2.24, 2.45) is 11.8 Å². The molecule has 0 radical (unpaired) electrons. The first-order chi connectivity index (χ1) is 6.75. The molecule has 2 heteroatoms. The van der Waals surface area contributed by atoms with Crippen LogP contribution in [-0.4, -0.2) is 5.97 Å². The standard InChI is InChI=1S/C12H12O2/c1-8-10-7-11(13)14-12(8,10)9-5-3-2-4-6-9/h2-6,8,10H,7H2,1H3/t8-,10-,12-/m0/s1. The highest BCUT2D eigenvalue weighted by Gasteiger charge is 2.70. The average Bonchev–Trinajstić information content (AvgIpc) is 2.61. The molecular formula is C12H12O2. The van der Waals surface area contributed by atoms with Gasteiger partial charge in [-0.05, 0) is 5.56 Å². The van der Waals surface area contributed by atoms with Crippen LogP contribution in [0.25, 0.3) is 0 Å². The van der Waals surface area contributed by atoms with E-state index < -0.39 is 0 Å². The van der Waals surface area contributed by atoms with Crippen molar-refractivity contribution in [1.29, 1.82) is 0 Å². The van der Waals surface area contributed by atoms with Crippen LogP contribution in [0.4, 0.5) is 0 Å². The van der Waals surface area contributed by atoms with Crippen molar-refractivity contribution >= 4 is 5.97 Å². The molecule has 14 heavy (non-hydrogen) atoms. The molecule has 1 heterocycles. The Bertz CT molecular complexity index is 385. The van der Waals surface area contributed by atoms with Gasteiger partial charge >= 0.3 is 5.97 Å². The van der Waals surface area contributed by atoms with Gasteiger partial charge in [0.15, 0.2) is 0 Å². The molecule has 72 valence electrons. The van der Waals surface area contributed by atoms with Crippen LogP contribution in [0.15, 0.2) is 30.3 Å². The van der Waals surface area contributed by atoms with Gasteiger partial charge in [-0.15, -0.1) is 0 Å². The molecule has 0 spiro atoms. The minimum absolute atomic E-state index is 0.0445. The van der Waals surface area contributed by atoms with Crippen LogP contribution >= 0.6 is 0 Å². The Balaban J connectivity index is 2.03. The lowest BCUT2D eigenvalue weighted by Gasteiger charge is -2.14. The highest BCUT2D eigenvalue weighted by atomic mass is 16.6. The zero-order valence-corrected chi connectivity index (χ0v) is 8.07. The highest BCUT2D eigenvalue weighted by molar-refractivity contribution is 5.76. The van der Waals surface area contributed by atoms with Gasteiger partial charge in [-0.25, -0.2) is 0 Å². The smallest absolute Gasteiger partial charge is 0.307 e. The lowest BCUT2D eigenvalue weighted by atomic mass is 10.1. The normalized spacial score (nSPS) is 39.1. The summed E-state index contributed by atoms with van der Waals surface area (Å²) in [6, 6.07) is 10.1. The zero-order chi connectivity index (χ0) is 9.76. The second-order valence-corrected chi connectivity index (χ2v) is 4.23.